The summed E-state index contributed by atoms with van der Waals surface area (Å²) < 4.78 is 5.49. The van der Waals surface area contributed by atoms with E-state index in [9.17, 15) is 4.79 Å². The molecule has 0 aliphatic carbocycles. The van der Waals surface area contributed by atoms with Crippen LogP contribution >= 0.6 is 23.2 Å². The Labute approximate surface area is 151 Å². The van der Waals surface area contributed by atoms with E-state index >= 15 is 0 Å². The number of carbonyl (C=O) groups is 1. The van der Waals surface area contributed by atoms with E-state index in [0.717, 1.165) is 16.8 Å². The third kappa shape index (κ3) is 3.92. The van der Waals surface area contributed by atoms with Gasteiger partial charge in [0.2, 0.25) is 0 Å². The maximum absolute atomic E-state index is 11.8. The Bertz CT molecular complexity index is 741. The molecule has 1 N–H and O–H groups in total. The van der Waals surface area contributed by atoms with Crippen molar-refractivity contribution in [1.29, 1.82) is 0 Å². The molecule has 3 rings (SSSR count). The average Bonchev–Trinajstić information content (AvgIpc) is 2.97. The van der Waals surface area contributed by atoms with Crippen LogP contribution in [0.5, 0.6) is 0 Å². The minimum absolute atomic E-state index is 0.106. The summed E-state index contributed by atoms with van der Waals surface area (Å²) in [4.78, 5) is 11.8. The molecule has 1 aliphatic heterocycles. The van der Waals surface area contributed by atoms with Crippen molar-refractivity contribution in [3.05, 3.63) is 82.0 Å². The van der Waals surface area contributed by atoms with E-state index in [1.165, 1.54) is 0 Å². The Kier molecular flexibility index (Phi) is 5.12. The number of hydrogen-bond acceptors (Lipinski definition) is 3. The highest BCUT2D eigenvalue weighted by Crippen LogP contribution is 2.38. The predicted octanol–water partition coefficient (Wildman–Crippen LogP) is 4.90. The molecular formula is C19H17Cl2NO2. The average molecular weight is 362 g/mol. The fourth-order valence-electron chi connectivity index (χ4n) is 2.77. The van der Waals surface area contributed by atoms with Crippen LogP contribution in [-0.2, 0) is 16.1 Å². The first-order chi connectivity index (χ1) is 11.5. The summed E-state index contributed by atoms with van der Waals surface area (Å²) in [6.45, 7) is 4.72. The zero-order valence-corrected chi connectivity index (χ0v) is 14.5. The summed E-state index contributed by atoms with van der Waals surface area (Å²) in [5, 5.41) is 4.65. The number of halogens is 2. The van der Waals surface area contributed by atoms with Gasteiger partial charge >= 0.3 is 5.97 Å². The highest BCUT2D eigenvalue weighted by atomic mass is 35.5. The Morgan fingerprint density at radius 1 is 1.08 bits per heavy atom. The Morgan fingerprint density at radius 2 is 1.67 bits per heavy atom. The number of esters is 1. The minimum atomic E-state index is -0.333. The molecule has 1 saturated heterocycles. The zero-order valence-electron chi connectivity index (χ0n) is 13.0. The van der Waals surface area contributed by atoms with Crippen molar-refractivity contribution in [2.45, 2.75) is 19.1 Å². The van der Waals surface area contributed by atoms with Crippen molar-refractivity contribution in [2.24, 2.45) is 5.92 Å². The monoisotopic (exact) mass is 361 g/mol. The van der Waals surface area contributed by atoms with E-state index in [1.54, 1.807) is 12.1 Å². The van der Waals surface area contributed by atoms with Gasteiger partial charge in [0, 0.05) is 28.2 Å². The number of ether oxygens (including phenoxy) is 1. The maximum atomic E-state index is 11.8. The second-order valence-corrected chi connectivity index (χ2v) is 6.65. The standard InChI is InChI=1S/C19H17Cl2NO2/c1-12(22-11-13-2-6-15(20)7-3-13)17-10-18(23)24-19(17)14-4-8-16(21)9-5-14/h2-9,17,19,22H,1,10-11H2/t17-,19-/m0/s1. The second kappa shape index (κ2) is 7.29. The first kappa shape index (κ1) is 16.9. The van der Waals surface area contributed by atoms with Crippen LogP contribution in [0, 0.1) is 5.92 Å². The highest BCUT2D eigenvalue weighted by Gasteiger charge is 2.37. The van der Waals surface area contributed by atoms with Crippen molar-refractivity contribution >= 4 is 29.2 Å². The van der Waals surface area contributed by atoms with Crippen LogP contribution in [0.15, 0.2) is 60.8 Å². The minimum Gasteiger partial charge on any atom is -0.457 e. The molecule has 2 atom stereocenters. The largest absolute Gasteiger partial charge is 0.457 e. The molecular weight excluding hydrogens is 345 g/mol. The van der Waals surface area contributed by atoms with Gasteiger partial charge < -0.3 is 10.1 Å². The fraction of sp³-hybridized carbons (Fsp3) is 0.211. The molecule has 0 unspecified atom stereocenters. The van der Waals surface area contributed by atoms with Crippen LogP contribution in [0.1, 0.15) is 23.7 Å². The Balaban J connectivity index is 1.68. The summed E-state index contributed by atoms with van der Waals surface area (Å²) in [7, 11) is 0. The topological polar surface area (TPSA) is 38.3 Å². The first-order valence-electron chi connectivity index (χ1n) is 7.65. The normalized spacial score (nSPS) is 19.8. The second-order valence-electron chi connectivity index (χ2n) is 5.78. The molecule has 2 aromatic carbocycles. The fourth-order valence-corrected chi connectivity index (χ4v) is 3.02. The van der Waals surface area contributed by atoms with Gasteiger partial charge in [0.1, 0.15) is 6.10 Å². The maximum Gasteiger partial charge on any atom is 0.307 e. The molecule has 124 valence electrons. The first-order valence-corrected chi connectivity index (χ1v) is 8.40. The van der Waals surface area contributed by atoms with E-state index in [1.807, 2.05) is 36.4 Å². The lowest BCUT2D eigenvalue weighted by Crippen LogP contribution is -2.21. The Hall–Kier alpha value is -1.97. The van der Waals surface area contributed by atoms with Crippen molar-refractivity contribution in [3.8, 4) is 0 Å². The molecule has 2 aromatic rings. The van der Waals surface area contributed by atoms with E-state index in [4.69, 9.17) is 27.9 Å². The van der Waals surface area contributed by atoms with Crippen LogP contribution in [-0.4, -0.2) is 5.97 Å². The summed E-state index contributed by atoms with van der Waals surface area (Å²) >= 11 is 11.8. The summed E-state index contributed by atoms with van der Waals surface area (Å²) in [5.74, 6) is -0.319. The van der Waals surface area contributed by atoms with Crippen molar-refractivity contribution in [1.82, 2.24) is 5.32 Å². The molecule has 5 heteroatoms. The van der Waals surface area contributed by atoms with E-state index in [0.29, 0.717) is 23.0 Å². The molecule has 0 aromatic heterocycles. The summed E-state index contributed by atoms with van der Waals surface area (Å²) in [5.41, 5.74) is 2.80. The number of cyclic esters (lactones) is 1. The van der Waals surface area contributed by atoms with Gasteiger partial charge in [0.15, 0.2) is 0 Å². The number of nitrogens with one attached hydrogen (secondary N) is 1. The van der Waals surface area contributed by atoms with E-state index < -0.39 is 0 Å². The quantitative estimate of drug-likeness (QED) is 0.769. The Morgan fingerprint density at radius 3 is 2.29 bits per heavy atom. The lowest BCUT2D eigenvalue weighted by molar-refractivity contribution is -0.141. The predicted molar refractivity (Wildman–Crippen MR) is 95.8 cm³/mol. The highest BCUT2D eigenvalue weighted by molar-refractivity contribution is 6.30. The van der Waals surface area contributed by atoms with Gasteiger partial charge in [-0.15, -0.1) is 0 Å². The van der Waals surface area contributed by atoms with Crippen molar-refractivity contribution in [3.63, 3.8) is 0 Å². The molecule has 0 spiro atoms. The zero-order chi connectivity index (χ0) is 17.1. The molecule has 3 nitrogen and oxygen atoms in total. The third-order valence-electron chi connectivity index (χ3n) is 4.09. The van der Waals surface area contributed by atoms with Crippen LogP contribution < -0.4 is 5.32 Å². The molecule has 0 bridgehead atoms. The molecule has 1 heterocycles. The van der Waals surface area contributed by atoms with Gasteiger partial charge in [-0.3, -0.25) is 4.79 Å². The lowest BCUT2D eigenvalue weighted by Gasteiger charge is -2.21. The number of carbonyl (C=O) groups excluding carboxylic acids is 1. The van der Waals surface area contributed by atoms with Crippen molar-refractivity contribution < 1.29 is 9.53 Å². The molecule has 1 fully saturated rings. The molecule has 0 saturated carbocycles. The van der Waals surface area contributed by atoms with Crippen LogP contribution in [0.3, 0.4) is 0 Å². The SMILES string of the molecule is C=C(NCc1ccc(Cl)cc1)[C@@H]1CC(=O)O[C@H]1c1ccc(Cl)cc1. The molecule has 0 amide bonds. The summed E-state index contributed by atoms with van der Waals surface area (Å²) in [6, 6.07) is 15.0. The van der Waals surface area contributed by atoms with E-state index in [2.05, 4.69) is 11.9 Å². The smallest absolute Gasteiger partial charge is 0.307 e. The van der Waals surface area contributed by atoms with Gasteiger partial charge in [-0.1, -0.05) is 54.0 Å². The van der Waals surface area contributed by atoms with Gasteiger partial charge in [0.25, 0.3) is 0 Å². The van der Waals surface area contributed by atoms with Gasteiger partial charge in [-0.05, 0) is 35.4 Å². The van der Waals surface area contributed by atoms with Crippen LogP contribution in [0.2, 0.25) is 10.0 Å². The van der Waals surface area contributed by atoms with Gasteiger partial charge in [-0.2, -0.15) is 0 Å². The number of hydrogen-bond donors (Lipinski definition) is 1. The number of benzene rings is 2. The van der Waals surface area contributed by atoms with E-state index in [-0.39, 0.29) is 18.0 Å². The van der Waals surface area contributed by atoms with Crippen LogP contribution in [0.4, 0.5) is 0 Å². The number of rotatable bonds is 5. The third-order valence-corrected chi connectivity index (χ3v) is 4.59. The molecule has 0 radical (unpaired) electrons. The molecule has 24 heavy (non-hydrogen) atoms. The summed E-state index contributed by atoms with van der Waals surface area (Å²) in [6.07, 6.45) is -0.0142. The van der Waals surface area contributed by atoms with Crippen molar-refractivity contribution in [2.75, 3.05) is 0 Å². The van der Waals surface area contributed by atoms with Crippen LogP contribution in [0.25, 0.3) is 0 Å². The molecule has 1 aliphatic rings. The lowest BCUT2D eigenvalue weighted by atomic mass is 9.92. The van der Waals surface area contributed by atoms with Gasteiger partial charge in [0.05, 0.1) is 6.42 Å². The van der Waals surface area contributed by atoms with Gasteiger partial charge in [-0.25, -0.2) is 0 Å².